The zero-order chi connectivity index (χ0) is 15.3. The molecule has 0 bridgehead atoms. The Bertz CT molecular complexity index is 471. The van der Waals surface area contributed by atoms with Crippen molar-refractivity contribution in [2.24, 2.45) is 10.8 Å². The second-order valence-corrected chi connectivity index (χ2v) is 7.44. The third kappa shape index (κ3) is 3.86. The quantitative estimate of drug-likeness (QED) is 0.825. The molecule has 0 unspecified atom stereocenters. The minimum Gasteiger partial charge on any atom is -0.303 e. The van der Waals surface area contributed by atoms with Gasteiger partial charge in [0, 0.05) is 13.0 Å². The van der Waals surface area contributed by atoms with Crippen molar-refractivity contribution in [2.45, 2.75) is 46.5 Å². The number of nitriles is 1. The number of hydrogen-bond donors (Lipinski definition) is 0. The summed E-state index contributed by atoms with van der Waals surface area (Å²) < 4.78 is 0. The predicted octanol–water partition coefficient (Wildman–Crippen LogP) is 4.27. The molecule has 1 aromatic carbocycles. The van der Waals surface area contributed by atoms with Gasteiger partial charge in [0.05, 0.1) is 6.07 Å². The normalized spacial score (nSPS) is 19.1. The molecule has 2 nitrogen and oxygen atoms in total. The number of piperidine rings is 1. The topological polar surface area (TPSA) is 27.0 Å². The van der Waals surface area contributed by atoms with E-state index in [1.807, 2.05) is 0 Å². The Morgan fingerprint density at radius 1 is 1.14 bits per heavy atom. The average Bonchev–Trinajstić information content (AvgIpc) is 2.47. The van der Waals surface area contributed by atoms with Crippen LogP contribution in [0.3, 0.4) is 0 Å². The molecule has 0 radical (unpaired) electrons. The van der Waals surface area contributed by atoms with Crippen LogP contribution in [-0.4, -0.2) is 24.5 Å². The highest BCUT2D eigenvalue weighted by Crippen LogP contribution is 2.49. The summed E-state index contributed by atoms with van der Waals surface area (Å²) >= 11 is 0. The van der Waals surface area contributed by atoms with E-state index in [-0.39, 0.29) is 10.8 Å². The molecule has 21 heavy (non-hydrogen) atoms. The van der Waals surface area contributed by atoms with E-state index in [1.54, 1.807) is 0 Å². The first-order chi connectivity index (χ1) is 9.97. The molecule has 1 aliphatic heterocycles. The second kappa shape index (κ2) is 6.62. The van der Waals surface area contributed by atoms with Crippen LogP contribution >= 0.6 is 0 Å². The zero-order valence-electron chi connectivity index (χ0n) is 13.7. The Kier molecular flexibility index (Phi) is 5.06. The predicted molar refractivity (Wildman–Crippen MR) is 87.9 cm³/mol. The summed E-state index contributed by atoms with van der Waals surface area (Å²) in [6.07, 6.45) is 4.13. The molecule has 2 rings (SSSR count). The fraction of sp³-hybridized carbons (Fsp3) is 0.632. The van der Waals surface area contributed by atoms with Crippen molar-refractivity contribution in [3.63, 3.8) is 0 Å². The van der Waals surface area contributed by atoms with E-state index in [9.17, 15) is 5.26 Å². The number of rotatable bonds is 4. The van der Waals surface area contributed by atoms with Crippen LogP contribution in [0.5, 0.6) is 0 Å². The summed E-state index contributed by atoms with van der Waals surface area (Å²) in [7, 11) is 0. The van der Waals surface area contributed by atoms with Crippen LogP contribution in [0.2, 0.25) is 0 Å². The summed E-state index contributed by atoms with van der Waals surface area (Å²) in [6, 6.07) is 13.2. The smallest absolute Gasteiger partial charge is 0.0627 e. The molecule has 0 amide bonds. The van der Waals surface area contributed by atoms with Gasteiger partial charge in [0.2, 0.25) is 0 Å². The Hall–Kier alpha value is -1.33. The lowest BCUT2D eigenvalue weighted by atomic mass is 9.60. The van der Waals surface area contributed by atoms with Gasteiger partial charge in [0.15, 0.2) is 0 Å². The van der Waals surface area contributed by atoms with E-state index in [0.29, 0.717) is 6.42 Å². The number of likely N-dealkylation sites (tertiary alicyclic amines) is 1. The summed E-state index contributed by atoms with van der Waals surface area (Å²) in [5, 5.41) is 9.20. The van der Waals surface area contributed by atoms with E-state index in [0.717, 1.165) is 38.9 Å². The van der Waals surface area contributed by atoms with Crippen molar-refractivity contribution >= 4 is 0 Å². The van der Waals surface area contributed by atoms with Crippen LogP contribution < -0.4 is 0 Å². The van der Waals surface area contributed by atoms with E-state index in [4.69, 9.17) is 0 Å². The van der Waals surface area contributed by atoms with Crippen LogP contribution in [0, 0.1) is 22.2 Å². The summed E-state index contributed by atoms with van der Waals surface area (Å²) in [6.45, 7) is 10.3. The largest absolute Gasteiger partial charge is 0.303 e. The maximum atomic E-state index is 9.20. The minimum atomic E-state index is 0.199. The van der Waals surface area contributed by atoms with Crippen molar-refractivity contribution in [1.82, 2.24) is 4.90 Å². The first kappa shape index (κ1) is 16.0. The summed E-state index contributed by atoms with van der Waals surface area (Å²) in [5.41, 5.74) is 1.83. The van der Waals surface area contributed by atoms with Gasteiger partial charge >= 0.3 is 0 Å². The fourth-order valence-corrected chi connectivity index (χ4v) is 3.48. The van der Waals surface area contributed by atoms with Crippen LogP contribution in [0.4, 0.5) is 0 Å². The highest BCUT2D eigenvalue weighted by atomic mass is 15.1. The first-order valence-corrected chi connectivity index (χ1v) is 8.10. The molecule has 0 aliphatic carbocycles. The highest BCUT2D eigenvalue weighted by Gasteiger charge is 2.43. The molecule has 1 aromatic rings. The van der Waals surface area contributed by atoms with Gasteiger partial charge in [-0.25, -0.2) is 0 Å². The standard InChI is InChI=1S/C19H28N2/c1-18(2,3)19(10-13-20)11-15-21(16-12-19)14-9-17-7-5-4-6-8-17/h4-8H,9-12,14-16H2,1-3H3. The van der Waals surface area contributed by atoms with Gasteiger partial charge in [0.1, 0.15) is 0 Å². The van der Waals surface area contributed by atoms with Gasteiger partial charge in [-0.1, -0.05) is 51.1 Å². The van der Waals surface area contributed by atoms with Crippen molar-refractivity contribution in [3.8, 4) is 6.07 Å². The SMILES string of the molecule is CC(C)(C)C1(CC#N)CCN(CCc2ccccc2)CC1. The van der Waals surface area contributed by atoms with Crippen molar-refractivity contribution in [1.29, 1.82) is 5.26 Å². The van der Waals surface area contributed by atoms with Gasteiger partial charge in [-0.3, -0.25) is 0 Å². The maximum absolute atomic E-state index is 9.20. The molecular weight excluding hydrogens is 256 g/mol. The van der Waals surface area contributed by atoms with Crippen LogP contribution in [0.15, 0.2) is 30.3 Å². The molecule has 0 aromatic heterocycles. The third-order valence-corrected chi connectivity index (χ3v) is 5.38. The van der Waals surface area contributed by atoms with Crippen molar-refractivity contribution in [2.75, 3.05) is 19.6 Å². The number of benzene rings is 1. The lowest BCUT2D eigenvalue weighted by molar-refractivity contribution is 0.00994. The lowest BCUT2D eigenvalue weighted by Gasteiger charge is -2.49. The first-order valence-electron chi connectivity index (χ1n) is 8.10. The molecule has 0 saturated carbocycles. The maximum Gasteiger partial charge on any atom is 0.0627 e. The lowest BCUT2D eigenvalue weighted by Crippen LogP contribution is -2.46. The molecule has 0 N–H and O–H groups in total. The molecule has 1 saturated heterocycles. The van der Waals surface area contributed by atoms with Gasteiger partial charge in [-0.2, -0.15) is 5.26 Å². The van der Waals surface area contributed by atoms with E-state index >= 15 is 0 Å². The minimum absolute atomic E-state index is 0.199. The molecule has 1 heterocycles. The average molecular weight is 284 g/mol. The second-order valence-electron chi connectivity index (χ2n) is 7.44. The van der Waals surface area contributed by atoms with Gasteiger partial charge in [0.25, 0.3) is 0 Å². The Morgan fingerprint density at radius 2 is 1.76 bits per heavy atom. The third-order valence-electron chi connectivity index (χ3n) is 5.38. The summed E-state index contributed by atoms with van der Waals surface area (Å²) in [4.78, 5) is 2.56. The monoisotopic (exact) mass is 284 g/mol. The zero-order valence-corrected chi connectivity index (χ0v) is 13.7. The fourth-order valence-electron chi connectivity index (χ4n) is 3.48. The Balaban J connectivity index is 1.89. The molecule has 0 spiro atoms. The Morgan fingerprint density at radius 3 is 2.29 bits per heavy atom. The van der Waals surface area contributed by atoms with E-state index in [1.165, 1.54) is 5.56 Å². The number of nitrogens with zero attached hydrogens (tertiary/aromatic N) is 2. The van der Waals surface area contributed by atoms with Crippen LogP contribution in [0.1, 0.15) is 45.6 Å². The van der Waals surface area contributed by atoms with Crippen molar-refractivity contribution < 1.29 is 0 Å². The number of hydrogen-bond acceptors (Lipinski definition) is 2. The van der Waals surface area contributed by atoms with Crippen LogP contribution in [-0.2, 0) is 6.42 Å². The molecule has 1 fully saturated rings. The molecule has 0 atom stereocenters. The highest BCUT2D eigenvalue weighted by molar-refractivity contribution is 5.15. The van der Waals surface area contributed by atoms with Gasteiger partial charge < -0.3 is 4.90 Å². The van der Waals surface area contributed by atoms with Gasteiger partial charge in [-0.15, -0.1) is 0 Å². The molecule has 2 heteroatoms. The van der Waals surface area contributed by atoms with Crippen molar-refractivity contribution in [3.05, 3.63) is 35.9 Å². The molecule has 1 aliphatic rings. The molecule has 114 valence electrons. The van der Waals surface area contributed by atoms with E-state index < -0.39 is 0 Å². The summed E-state index contributed by atoms with van der Waals surface area (Å²) in [5.74, 6) is 0. The van der Waals surface area contributed by atoms with E-state index in [2.05, 4.69) is 62.1 Å². The molecular formula is C19H28N2. The van der Waals surface area contributed by atoms with Gasteiger partial charge in [-0.05, 0) is 48.7 Å². The van der Waals surface area contributed by atoms with Crippen LogP contribution in [0.25, 0.3) is 0 Å². The Labute approximate surface area is 129 Å².